The summed E-state index contributed by atoms with van der Waals surface area (Å²) in [5.41, 5.74) is 7.23. The van der Waals surface area contributed by atoms with Gasteiger partial charge in [0, 0.05) is 13.0 Å². The molecule has 1 saturated carbocycles. The van der Waals surface area contributed by atoms with Crippen LogP contribution in [-0.2, 0) is 14.3 Å². The van der Waals surface area contributed by atoms with Crippen molar-refractivity contribution in [2.75, 3.05) is 12.3 Å². The van der Waals surface area contributed by atoms with Crippen molar-refractivity contribution in [3.05, 3.63) is 12.2 Å². The van der Waals surface area contributed by atoms with Crippen LogP contribution in [0, 0.1) is 17.8 Å². The molecule has 4 rings (SSSR count). The van der Waals surface area contributed by atoms with E-state index in [1.54, 1.807) is 6.33 Å². The molecule has 2 aromatic heterocycles. The van der Waals surface area contributed by atoms with Crippen LogP contribution >= 0.6 is 0 Å². The zero-order valence-corrected chi connectivity index (χ0v) is 18.3. The van der Waals surface area contributed by atoms with Crippen molar-refractivity contribution in [1.29, 1.82) is 0 Å². The van der Waals surface area contributed by atoms with Gasteiger partial charge in [0.25, 0.3) is 6.47 Å². The minimum atomic E-state index is -0.452. The van der Waals surface area contributed by atoms with E-state index in [4.69, 9.17) is 20.4 Å². The van der Waals surface area contributed by atoms with E-state index in [-0.39, 0.29) is 18.6 Å². The number of hydrogen-bond donors (Lipinski definition) is 3. The van der Waals surface area contributed by atoms with Crippen LogP contribution in [0.5, 0.6) is 0 Å². The highest BCUT2D eigenvalue weighted by Crippen LogP contribution is 2.31. The Morgan fingerprint density at radius 3 is 2.78 bits per heavy atom. The number of likely N-dealkylation sites (N-methyl/N-ethyl adjacent to an activating group) is 1. The van der Waals surface area contributed by atoms with Crippen molar-refractivity contribution in [2.45, 2.75) is 70.6 Å². The molecule has 1 aliphatic heterocycles. The van der Waals surface area contributed by atoms with Crippen LogP contribution in [0.3, 0.4) is 0 Å². The van der Waals surface area contributed by atoms with Gasteiger partial charge in [-0.05, 0) is 44.4 Å². The summed E-state index contributed by atoms with van der Waals surface area (Å²) >= 11 is 0. The Hall–Kier alpha value is -3.19. The number of carbonyl (C=O) groups excluding carboxylic acids is 1. The molecular formula is C22H30N6O4. The first-order valence-electron chi connectivity index (χ1n) is 11.1. The van der Waals surface area contributed by atoms with Gasteiger partial charge >= 0.3 is 0 Å². The molecule has 172 valence electrons. The summed E-state index contributed by atoms with van der Waals surface area (Å²) < 4.78 is 7.77. The number of nitrogens with two attached hydrogens (primary N) is 1. The molecule has 0 bridgehead atoms. The molecule has 10 heteroatoms. The molecule has 4 N–H and O–H groups in total. The first kappa shape index (κ1) is 23.5. The van der Waals surface area contributed by atoms with Gasteiger partial charge in [-0.25, -0.2) is 15.0 Å². The maximum Gasteiger partial charge on any atom is 0.290 e. The van der Waals surface area contributed by atoms with Gasteiger partial charge in [0.2, 0.25) is 11.7 Å². The van der Waals surface area contributed by atoms with Crippen molar-refractivity contribution in [3.8, 4) is 11.8 Å². The number of ether oxygens (including phenoxy) is 1. The molecule has 2 aliphatic rings. The number of nitrogen functional groups attached to an aromatic ring is 1. The van der Waals surface area contributed by atoms with Crippen LogP contribution in [0.4, 0.5) is 5.82 Å². The topological polar surface area (TPSA) is 145 Å². The molecule has 32 heavy (non-hydrogen) atoms. The molecule has 1 amide bonds. The molecule has 1 aliphatic carbocycles. The SMILES string of the molecule is CCNC(=O)C1CCC(n2cnc3c(N)nc(C#CCC4CCCCC4)nc32)O1.O=CO. The monoisotopic (exact) mass is 442 g/mol. The number of carbonyl (C=O) groups is 2. The van der Waals surface area contributed by atoms with E-state index in [0.29, 0.717) is 48.1 Å². The highest BCUT2D eigenvalue weighted by atomic mass is 16.5. The summed E-state index contributed by atoms with van der Waals surface area (Å²) in [6.45, 7) is 2.23. The van der Waals surface area contributed by atoms with E-state index < -0.39 is 6.10 Å². The Balaban J connectivity index is 0.000000913. The Morgan fingerprint density at radius 2 is 2.06 bits per heavy atom. The second-order valence-corrected chi connectivity index (χ2v) is 7.92. The summed E-state index contributed by atoms with van der Waals surface area (Å²) in [5, 5.41) is 9.69. The molecule has 2 unspecified atom stereocenters. The number of carboxylic acid groups (broad SMARTS) is 1. The van der Waals surface area contributed by atoms with E-state index in [9.17, 15) is 4.79 Å². The summed E-state index contributed by atoms with van der Waals surface area (Å²) in [6.07, 6.45) is 9.61. The van der Waals surface area contributed by atoms with Gasteiger partial charge in [0.15, 0.2) is 11.5 Å². The second kappa shape index (κ2) is 11.4. The lowest BCUT2D eigenvalue weighted by Crippen LogP contribution is -2.34. The van der Waals surface area contributed by atoms with Gasteiger partial charge < -0.3 is 20.9 Å². The number of fused-ring (bicyclic) bond motifs is 1. The molecule has 3 heterocycles. The van der Waals surface area contributed by atoms with Gasteiger partial charge in [0.1, 0.15) is 17.8 Å². The lowest BCUT2D eigenvalue weighted by Gasteiger charge is -2.18. The smallest absolute Gasteiger partial charge is 0.290 e. The van der Waals surface area contributed by atoms with Crippen molar-refractivity contribution >= 4 is 29.4 Å². The Labute approximate surface area is 187 Å². The van der Waals surface area contributed by atoms with Crippen LogP contribution in [0.15, 0.2) is 6.33 Å². The normalized spacial score (nSPS) is 20.7. The number of nitrogens with one attached hydrogen (secondary N) is 1. The minimum absolute atomic E-state index is 0.0807. The second-order valence-electron chi connectivity index (χ2n) is 7.92. The largest absolute Gasteiger partial charge is 0.483 e. The van der Waals surface area contributed by atoms with Crippen molar-refractivity contribution in [1.82, 2.24) is 24.8 Å². The predicted octanol–water partition coefficient (Wildman–Crippen LogP) is 2.24. The van der Waals surface area contributed by atoms with E-state index in [1.165, 1.54) is 32.1 Å². The predicted molar refractivity (Wildman–Crippen MR) is 118 cm³/mol. The van der Waals surface area contributed by atoms with Crippen LogP contribution in [0.1, 0.15) is 70.3 Å². The number of rotatable bonds is 4. The van der Waals surface area contributed by atoms with Crippen molar-refractivity contribution in [2.24, 2.45) is 5.92 Å². The molecule has 10 nitrogen and oxygen atoms in total. The minimum Gasteiger partial charge on any atom is -0.483 e. The maximum absolute atomic E-state index is 12.1. The Kier molecular flexibility index (Phi) is 8.39. The lowest BCUT2D eigenvalue weighted by molar-refractivity contribution is -0.133. The van der Waals surface area contributed by atoms with Crippen LogP contribution < -0.4 is 11.1 Å². The molecule has 2 atom stereocenters. The number of imidazole rings is 1. The van der Waals surface area contributed by atoms with Gasteiger partial charge in [-0.2, -0.15) is 0 Å². The zero-order valence-electron chi connectivity index (χ0n) is 18.3. The number of aromatic nitrogens is 4. The quantitative estimate of drug-likeness (QED) is 0.483. The molecule has 0 spiro atoms. The third-order valence-corrected chi connectivity index (χ3v) is 5.71. The van der Waals surface area contributed by atoms with Crippen molar-refractivity contribution in [3.63, 3.8) is 0 Å². The number of anilines is 1. The first-order chi connectivity index (χ1) is 15.6. The average Bonchev–Trinajstić information content (AvgIpc) is 3.43. The van der Waals surface area contributed by atoms with E-state index >= 15 is 0 Å². The first-order valence-corrected chi connectivity index (χ1v) is 11.1. The van der Waals surface area contributed by atoms with Gasteiger partial charge in [-0.1, -0.05) is 25.2 Å². The van der Waals surface area contributed by atoms with Crippen LogP contribution in [-0.4, -0.2) is 49.7 Å². The van der Waals surface area contributed by atoms with E-state index in [0.717, 1.165) is 6.42 Å². The Bertz CT molecular complexity index is 989. The van der Waals surface area contributed by atoms with E-state index in [1.807, 2.05) is 11.5 Å². The summed E-state index contributed by atoms with van der Waals surface area (Å²) in [4.78, 5) is 33.7. The molecule has 0 aromatic carbocycles. The molecular weight excluding hydrogens is 412 g/mol. The van der Waals surface area contributed by atoms with Crippen LogP contribution in [0.25, 0.3) is 11.2 Å². The summed E-state index contributed by atoms with van der Waals surface area (Å²) in [5.74, 6) is 7.64. The molecule has 0 radical (unpaired) electrons. The van der Waals surface area contributed by atoms with Crippen molar-refractivity contribution < 1.29 is 19.4 Å². The summed E-state index contributed by atoms with van der Waals surface area (Å²) in [7, 11) is 0. The lowest BCUT2D eigenvalue weighted by atomic mass is 9.87. The Morgan fingerprint density at radius 1 is 1.31 bits per heavy atom. The highest BCUT2D eigenvalue weighted by molar-refractivity contribution is 5.82. The maximum atomic E-state index is 12.1. The van der Waals surface area contributed by atoms with Crippen LogP contribution in [0.2, 0.25) is 0 Å². The third-order valence-electron chi connectivity index (χ3n) is 5.71. The zero-order chi connectivity index (χ0) is 22.9. The fraction of sp³-hybridized carbons (Fsp3) is 0.591. The fourth-order valence-electron chi connectivity index (χ4n) is 4.18. The number of hydrogen-bond acceptors (Lipinski definition) is 7. The number of amides is 1. The average molecular weight is 443 g/mol. The third kappa shape index (κ3) is 5.73. The van der Waals surface area contributed by atoms with Gasteiger partial charge in [0.05, 0.1) is 6.33 Å². The fourth-order valence-corrected chi connectivity index (χ4v) is 4.18. The molecule has 2 fully saturated rings. The van der Waals surface area contributed by atoms with Gasteiger partial charge in [-0.3, -0.25) is 14.2 Å². The molecule has 1 saturated heterocycles. The highest BCUT2D eigenvalue weighted by Gasteiger charge is 2.32. The van der Waals surface area contributed by atoms with Gasteiger partial charge in [-0.15, -0.1) is 0 Å². The number of nitrogens with zero attached hydrogens (tertiary/aromatic N) is 4. The summed E-state index contributed by atoms with van der Waals surface area (Å²) in [6, 6.07) is 0. The van der Waals surface area contributed by atoms with E-state index in [2.05, 4.69) is 32.1 Å². The standard InChI is InChI=1S/C21H28N6O2.CH2O2/c1-2-23-21(28)15-11-12-17(29-15)27-13-24-18-19(22)25-16(26-20(18)27)10-6-9-14-7-4-3-5-8-14;2-1-3/h13-15,17H,2-5,7-9,11-12H2,1H3,(H,23,28)(H2,22,25,26);1H,(H,2,3). The molecule has 2 aromatic rings.